The van der Waals surface area contributed by atoms with Crippen LogP contribution in [0.5, 0.6) is 5.75 Å². The Hall–Kier alpha value is -4.38. The van der Waals surface area contributed by atoms with E-state index in [2.05, 4.69) is 32.5 Å². The second kappa shape index (κ2) is 11.3. The number of ether oxygens (including phenoxy) is 2. The van der Waals surface area contributed by atoms with Crippen LogP contribution in [0.3, 0.4) is 0 Å². The molecule has 2 aromatic carbocycles. The van der Waals surface area contributed by atoms with Crippen LogP contribution in [0.1, 0.15) is 11.7 Å². The Morgan fingerprint density at radius 1 is 1.26 bits per heavy atom. The number of hydrogen-bond acceptors (Lipinski definition) is 9. The van der Waals surface area contributed by atoms with Gasteiger partial charge >= 0.3 is 0 Å². The number of fused-ring (bicyclic) bond motifs is 1. The number of pyridine rings is 1. The Balaban J connectivity index is 1.46. The maximum absolute atomic E-state index is 11.7. The fourth-order valence-electron chi connectivity index (χ4n) is 4.47. The Morgan fingerprint density at radius 2 is 2.16 bits per heavy atom. The van der Waals surface area contributed by atoms with Crippen molar-refractivity contribution in [1.82, 2.24) is 20.3 Å². The molecule has 2 unspecified atom stereocenters. The molecule has 3 heterocycles. The van der Waals surface area contributed by atoms with Gasteiger partial charge in [0.15, 0.2) is 0 Å². The van der Waals surface area contributed by atoms with Crippen LogP contribution in [0.4, 0.5) is 17.3 Å². The Morgan fingerprint density at radius 3 is 2.97 bits per heavy atom. The van der Waals surface area contributed by atoms with E-state index in [9.17, 15) is 4.79 Å². The molecular formula is C28H29N7O3. The van der Waals surface area contributed by atoms with Crippen molar-refractivity contribution in [2.24, 2.45) is 5.73 Å². The highest BCUT2D eigenvalue weighted by Crippen LogP contribution is 2.34. The van der Waals surface area contributed by atoms with Crippen LogP contribution in [-0.4, -0.2) is 53.7 Å². The molecule has 194 valence electrons. The number of carbonyl (C=O) groups is 1. The smallest absolute Gasteiger partial charge is 0.247 e. The molecule has 0 saturated carbocycles. The Labute approximate surface area is 220 Å². The van der Waals surface area contributed by atoms with Crippen molar-refractivity contribution in [1.29, 1.82) is 0 Å². The van der Waals surface area contributed by atoms with E-state index in [-0.39, 0.29) is 18.1 Å². The zero-order valence-electron chi connectivity index (χ0n) is 21.0. The predicted molar refractivity (Wildman–Crippen MR) is 147 cm³/mol. The summed E-state index contributed by atoms with van der Waals surface area (Å²) in [5, 5.41) is 10.3. The fourth-order valence-corrected chi connectivity index (χ4v) is 4.47. The number of anilines is 3. The molecule has 1 fully saturated rings. The molecule has 1 saturated heterocycles. The second-order valence-corrected chi connectivity index (χ2v) is 8.73. The van der Waals surface area contributed by atoms with Crippen LogP contribution in [0, 0.1) is 0 Å². The minimum absolute atomic E-state index is 0.0340. The normalized spacial score (nSPS) is 17.1. The topological polar surface area (TPSA) is 136 Å². The van der Waals surface area contributed by atoms with Crippen molar-refractivity contribution in [2.45, 2.75) is 12.1 Å². The first-order valence-electron chi connectivity index (χ1n) is 12.2. The monoisotopic (exact) mass is 511 g/mol. The number of nitrogens with one attached hydrogen (secondary N) is 3. The van der Waals surface area contributed by atoms with Crippen LogP contribution in [-0.2, 0) is 9.53 Å². The van der Waals surface area contributed by atoms with Gasteiger partial charge in [-0.25, -0.2) is 9.97 Å². The van der Waals surface area contributed by atoms with Gasteiger partial charge in [-0.05, 0) is 35.9 Å². The third-order valence-electron chi connectivity index (χ3n) is 6.33. The predicted octanol–water partition coefficient (Wildman–Crippen LogP) is 3.56. The molecule has 4 aromatic rings. The average Bonchev–Trinajstić information content (AvgIpc) is 2.97. The molecular weight excluding hydrogens is 482 g/mol. The highest BCUT2D eigenvalue weighted by Gasteiger charge is 2.26. The number of nitrogens with two attached hydrogens (primary N) is 1. The fraction of sp³-hybridized carbons (Fsp3) is 0.214. The number of amides is 1. The van der Waals surface area contributed by atoms with Crippen molar-refractivity contribution < 1.29 is 14.3 Å². The summed E-state index contributed by atoms with van der Waals surface area (Å²) in [4.78, 5) is 25.5. The number of hydrogen-bond donors (Lipinski definition) is 4. The summed E-state index contributed by atoms with van der Waals surface area (Å²) >= 11 is 0. The first-order chi connectivity index (χ1) is 18.6. The van der Waals surface area contributed by atoms with Crippen LogP contribution < -0.4 is 26.4 Å². The lowest BCUT2D eigenvalue weighted by Crippen LogP contribution is -2.47. The van der Waals surface area contributed by atoms with E-state index in [4.69, 9.17) is 20.2 Å². The Bertz CT molecular complexity index is 1480. The van der Waals surface area contributed by atoms with E-state index in [1.165, 1.54) is 6.08 Å². The molecule has 38 heavy (non-hydrogen) atoms. The number of benzene rings is 2. The highest BCUT2D eigenvalue weighted by atomic mass is 16.5. The van der Waals surface area contributed by atoms with E-state index >= 15 is 0 Å². The molecule has 1 aliphatic rings. The summed E-state index contributed by atoms with van der Waals surface area (Å²) < 4.78 is 11.7. The van der Waals surface area contributed by atoms with Gasteiger partial charge in [-0.15, -0.1) is 0 Å². The number of carbonyl (C=O) groups excluding carboxylic acids is 1. The Kier molecular flexibility index (Phi) is 7.55. The molecule has 0 spiro atoms. The first kappa shape index (κ1) is 25.3. The summed E-state index contributed by atoms with van der Waals surface area (Å²) in [5.41, 5.74) is 10.4. The van der Waals surface area contributed by atoms with E-state index in [0.717, 1.165) is 23.1 Å². The molecule has 0 bridgehead atoms. The summed E-state index contributed by atoms with van der Waals surface area (Å²) in [5.74, 6) is 0.748. The largest absolute Gasteiger partial charge is 0.495 e. The minimum Gasteiger partial charge on any atom is -0.495 e. The highest BCUT2D eigenvalue weighted by molar-refractivity contribution is 5.99. The van der Waals surface area contributed by atoms with Crippen LogP contribution in [0.15, 0.2) is 73.6 Å². The molecule has 10 nitrogen and oxygen atoms in total. The van der Waals surface area contributed by atoms with E-state index < -0.39 is 0 Å². The number of para-hydroxylation sites is 1. The number of aromatic nitrogens is 3. The van der Waals surface area contributed by atoms with Crippen molar-refractivity contribution in [3.63, 3.8) is 0 Å². The molecule has 1 aliphatic heterocycles. The van der Waals surface area contributed by atoms with Crippen molar-refractivity contribution >= 4 is 34.1 Å². The maximum Gasteiger partial charge on any atom is 0.247 e. The summed E-state index contributed by atoms with van der Waals surface area (Å²) in [7, 11) is 1.62. The third kappa shape index (κ3) is 5.32. The quantitative estimate of drug-likeness (QED) is 0.262. The van der Waals surface area contributed by atoms with Crippen molar-refractivity contribution in [3.8, 4) is 17.0 Å². The van der Waals surface area contributed by atoms with Crippen LogP contribution in [0.25, 0.3) is 22.2 Å². The number of nitrogens with zero attached hydrogens (tertiary/aromatic N) is 3. The van der Waals surface area contributed by atoms with E-state index in [0.29, 0.717) is 47.4 Å². The summed E-state index contributed by atoms with van der Waals surface area (Å²) in [6.07, 6.45) is 4.46. The molecule has 10 heteroatoms. The third-order valence-corrected chi connectivity index (χ3v) is 6.33. The number of methoxy groups -OCH3 is 1. The van der Waals surface area contributed by atoms with Gasteiger partial charge in [0.1, 0.15) is 5.75 Å². The molecule has 1 amide bonds. The lowest BCUT2D eigenvalue weighted by atomic mass is 10.00. The second-order valence-electron chi connectivity index (χ2n) is 8.73. The average molecular weight is 512 g/mol. The van der Waals surface area contributed by atoms with Gasteiger partial charge in [-0.3, -0.25) is 9.78 Å². The van der Waals surface area contributed by atoms with Gasteiger partial charge in [0.05, 0.1) is 36.7 Å². The van der Waals surface area contributed by atoms with Crippen molar-refractivity contribution in [2.75, 3.05) is 37.4 Å². The van der Waals surface area contributed by atoms with Gasteiger partial charge in [-0.1, -0.05) is 30.8 Å². The summed E-state index contributed by atoms with van der Waals surface area (Å²) in [6.45, 7) is 5.36. The van der Waals surface area contributed by atoms with Gasteiger partial charge in [0.25, 0.3) is 0 Å². The van der Waals surface area contributed by atoms with Gasteiger partial charge in [0.2, 0.25) is 11.9 Å². The van der Waals surface area contributed by atoms with Gasteiger partial charge in [0, 0.05) is 48.2 Å². The van der Waals surface area contributed by atoms with E-state index in [1.807, 2.05) is 36.4 Å². The SMILES string of the molecule is C=CC(=O)Nc1ccnc(-c2cccc3cnc(Nc4ccc(C5OCCNC5CN)cc4OC)nc23)c1. The van der Waals surface area contributed by atoms with Crippen molar-refractivity contribution in [3.05, 3.63) is 79.1 Å². The van der Waals surface area contributed by atoms with Gasteiger partial charge < -0.3 is 31.2 Å². The number of morpholine rings is 1. The zero-order chi connectivity index (χ0) is 26.5. The zero-order valence-corrected chi connectivity index (χ0v) is 21.0. The molecule has 5 N–H and O–H groups in total. The molecule has 0 radical (unpaired) electrons. The van der Waals surface area contributed by atoms with E-state index in [1.54, 1.807) is 31.6 Å². The molecule has 2 aromatic heterocycles. The molecule has 2 atom stereocenters. The first-order valence-corrected chi connectivity index (χ1v) is 12.2. The lowest BCUT2D eigenvalue weighted by Gasteiger charge is -2.32. The van der Waals surface area contributed by atoms with Crippen LogP contribution >= 0.6 is 0 Å². The van der Waals surface area contributed by atoms with Crippen LogP contribution in [0.2, 0.25) is 0 Å². The summed E-state index contributed by atoms with van der Waals surface area (Å²) in [6, 6.07) is 15.2. The lowest BCUT2D eigenvalue weighted by molar-refractivity contribution is -0.111. The standard InChI is InChI=1S/C28H29N7O3/c1-3-25(36)33-19-9-10-30-22(14-19)20-6-4-5-18-16-32-28(35-26(18)20)34-21-8-7-17(13-24(21)37-2)27-23(15-29)31-11-12-38-27/h3-10,13-14,16,23,27,31H,1,11-12,15,29H2,2H3,(H,30,33,36)(H,32,34,35). The minimum atomic E-state index is -0.293. The number of rotatable bonds is 8. The molecule has 5 rings (SSSR count). The van der Waals surface area contributed by atoms with Gasteiger partial charge in [-0.2, -0.15) is 0 Å². The molecule has 0 aliphatic carbocycles. The maximum atomic E-state index is 11.7.